The lowest BCUT2D eigenvalue weighted by molar-refractivity contribution is 0.103. The number of aromatic nitrogens is 1. The van der Waals surface area contributed by atoms with Crippen molar-refractivity contribution >= 4 is 17.4 Å². The van der Waals surface area contributed by atoms with Gasteiger partial charge in [0, 0.05) is 34.8 Å². The van der Waals surface area contributed by atoms with Crippen molar-refractivity contribution in [3.63, 3.8) is 0 Å². The maximum atomic E-state index is 14.5. The van der Waals surface area contributed by atoms with Gasteiger partial charge in [0.05, 0.1) is 17.3 Å². The van der Waals surface area contributed by atoms with E-state index in [0.29, 0.717) is 27.5 Å². The number of carbonyl (C=O) groups is 1. The first-order chi connectivity index (χ1) is 13.2. The highest BCUT2D eigenvalue weighted by Crippen LogP contribution is 2.32. The average molecular weight is 399 g/mol. The zero-order chi connectivity index (χ0) is 20.6. The number of hydrogen-bond acceptors (Lipinski definition) is 2. The molecule has 0 aliphatic heterocycles. The van der Waals surface area contributed by atoms with Crippen molar-refractivity contribution in [2.24, 2.45) is 7.05 Å². The fourth-order valence-electron chi connectivity index (χ4n) is 3.48. The van der Waals surface area contributed by atoms with Gasteiger partial charge in [0.25, 0.3) is 0 Å². The van der Waals surface area contributed by atoms with E-state index < -0.39 is 17.6 Å². The van der Waals surface area contributed by atoms with Crippen molar-refractivity contribution in [1.82, 2.24) is 4.57 Å². The number of rotatable bonds is 4. The molecule has 0 aliphatic rings. The van der Waals surface area contributed by atoms with Crippen LogP contribution in [0.15, 0.2) is 42.5 Å². The second-order valence-electron chi connectivity index (χ2n) is 6.68. The molecule has 0 aliphatic carbocycles. The van der Waals surface area contributed by atoms with Crippen LogP contribution in [0.3, 0.4) is 0 Å². The Morgan fingerprint density at radius 2 is 1.71 bits per heavy atom. The van der Waals surface area contributed by atoms with Crippen LogP contribution < -0.4 is 0 Å². The summed E-state index contributed by atoms with van der Waals surface area (Å²) in [5, 5.41) is 9.40. The molecular formula is C22H17ClF2N2O. The molecule has 0 amide bonds. The van der Waals surface area contributed by atoms with Gasteiger partial charge in [-0.05, 0) is 55.0 Å². The minimum absolute atomic E-state index is 0.0763. The first kappa shape index (κ1) is 19.8. The molecule has 0 radical (unpaired) electrons. The molecule has 1 atom stereocenters. The van der Waals surface area contributed by atoms with Crippen LogP contribution in [-0.2, 0) is 7.05 Å². The summed E-state index contributed by atoms with van der Waals surface area (Å²) < 4.78 is 30.6. The van der Waals surface area contributed by atoms with Crippen LogP contribution in [0.1, 0.15) is 51.3 Å². The van der Waals surface area contributed by atoms with E-state index in [2.05, 4.69) is 0 Å². The molecule has 0 fully saturated rings. The molecule has 1 unspecified atom stereocenters. The number of benzene rings is 2. The van der Waals surface area contributed by atoms with Gasteiger partial charge >= 0.3 is 0 Å². The van der Waals surface area contributed by atoms with Crippen LogP contribution in [0.25, 0.3) is 0 Å². The van der Waals surface area contributed by atoms with Crippen LogP contribution in [0, 0.1) is 29.9 Å². The molecule has 0 saturated carbocycles. The predicted octanol–water partition coefficient (Wildman–Crippen LogP) is 5.52. The van der Waals surface area contributed by atoms with Gasteiger partial charge in [-0.15, -0.1) is 0 Å². The molecule has 1 heterocycles. The molecule has 0 bridgehead atoms. The van der Waals surface area contributed by atoms with Gasteiger partial charge in [0.15, 0.2) is 0 Å². The van der Waals surface area contributed by atoms with Gasteiger partial charge in [0.1, 0.15) is 11.6 Å². The van der Waals surface area contributed by atoms with E-state index in [1.165, 1.54) is 0 Å². The van der Waals surface area contributed by atoms with E-state index in [1.54, 1.807) is 61.9 Å². The molecule has 1 aromatic heterocycles. The maximum Gasteiger partial charge on any atom is 0.209 e. The van der Waals surface area contributed by atoms with Gasteiger partial charge in [0.2, 0.25) is 5.78 Å². The van der Waals surface area contributed by atoms with E-state index >= 15 is 0 Å². The van der Waals surface area contributed by atoms with Gasteiger partial charge in [-0.3, -0.25) is 4.79 Å². The molecule has 2 aromatic carbocycles. The normalized spacial score (nSPS) is 11.9. The lowest BCUT2D eigenvalue weighted by atomic mass is 9.95. The van der Waals surface area contributed by atoms with Crippen LogP contribution >= 0.6 is 11.6 Å². The van der Waals surface area contributed by atoms with E-state index in [9.17, 15) is 13.6 Å². The second-order valence-corrected chi connectivity index (χ2v) is 7.12. The van der Waals surface area contributed by atoms with Crippen molar-refractivity contribution < 1.29 is 13.6 Å². The van der Waals surface area contributed by atoms with E-state index in [4.69, 9.17) is 16.9 Å². The Morgan fingerprint density at radius 1 is 1.14 bits per heavy atom. The summed E-state index contributed by atoms with van der Waals surface area (Å²) in [5.74, 6) is -2.42. The summed E-state index contributed by atoms with van der Waals surface area (Å²) in [4.78, 5) is 12.9. The molecule has 3 rings (SSSR count). The molecule has 6 heteroatoms. The first-order valence-electron chi connectivity index (χ1n) is 8.60. The number of carbonyl (C=O) groups excluding carboxylic acids is 1. The summed E-state index contributed by atoms with van der Waals surface area (Å²) in [5.41, 5.74) is 2.01. The molecule has 0 saturated heterocycles. The van der Waals surface area contributed by atoms with E-state index in [0.717, 1.165) is 12.1 Å². The monoisotopic (exact) mass is 398 g/mol. The third kappa shape index (κ3) is 3.44. The van der Waals surface area contributed by atoms with Crippen LogP contribution in [0.5, 0.6) is 0 Å². The summed E-state index contributed by atoms with van der Waals surface area (Å²) in [6.45, 7) is 3.45. The summed E-state index contributed by atoms with van der Waals surface area (Å²) >= 11 is 5.88. The zero-order valence-electron chi connectivity index (χ0n) is 15.6. The zero-order valence-corrected chi connectivity index (χ0v) is 16.3. The SMILES string of the molecule is Cc1cc(C(C)c2c(F)cc(C#N)cc2F)n(C)c1C(=O)c1ccc(Cl)cc1. The molecule has 3 nitrogen and oxygen atoms in total. The van der Waals surface area contributed by atoms with Crippen molar-refractivity contribution in [2.75, 3.05) is 0 Å². The molecule has 0 N–H and O–H groups in total. The summed E-state index contributed by atoms with van der Waals surface area (Å²) in [7, 11) is 1.70. The molecular weight excluding hydrogens is 382 g/mol. The number of halogens is 3. The predicted molar refractivity (Wildman–Crippen MR) is 104 cm³/mol. The molecule has 3 aromatic rings. The topological polar surface area (TPSA) is 45.8 Å². The van der Waals surface area contributed by atoms with Gasteiger partial charge in [-0.1, -0.05) is 18.5 Å². The molecule has 28 heavy (non-hydrogen) atoms. The average Bonchev–Trinajstić information content (AvgIpc) is 2.95. The Kier molecular flexibility index (Phi) is 5.35. The summed E-state index contributed by atoms with van der Waals surface area (Å²) in [6, 6.07) is 12.1. The Labute approximate surface area is 166 Å². The highest BCUT2D eigenvalue weighted by molar-refractivity contribution is 6.30. The Bertz CT molecular complexity index is 1090. The third-order valence-corrected chi connectivity index (χ3v) is 5.12. The van der Waals surface area contributed by atoms with Gasteiger partial charge in [-0.25, -0.2) is 8.78 Å². The van der Waals surface area contributed by atoms with Crippen molar-refractivity contribution in [3.8, 4) is 6.07 Å². The number of nitrogens with zero attached hydrogens (tertiary/aromatic N) is 2. The second kappa shape index (κ2) is 7.57. The van der Waals surface area contributed by atoms with Crippen molar-refractivity contribution in [3.05, 3.63) is 92.8 Å². The van der Waals surface area contributed by atoms with Gasteiger partial charge in [-0.2, -0.15) is 5.26 Å². The standard InChI is InChI=1S/C22H17ClF2N2O/c1-12-8-19(13(2)20-17(24)9-14(11-26)10-18(20)25)27(3)21(12)22(28)15-4-6-16(23)7-5-15/h4-10,13H,1-3H3. The van der Waals surface area contributed by atoms with Gasteiger partial charge < -0.3 is 4.57 Å². The Hall–Kier alpha value is -2.97. The third-order valence-electron chi connectivity index (χ3n) is 4.87. The highest BCUT2D eigenvalue weighted by atomic mass is 35.5. The van der Waals surface area contributed by atoms with Crippen molar-refractivity contribution in [1.29, 1.82) is 5.26 Å². The number of ketones is 1. The Balaban J connectivity index is 2.06. The Morgan fingerprint density at radius 3 is 2.25 bits per heavy atom. The lowest BCUT2D eigenvalue weighted by Crippen LogP contribution is -2.13. The van der Waals surface area contributed by atoms with Crippen LogP contribution in [-0.4, -0.2) is 10.4 Å². The maximum absolute atomic E-state index is 14.5. The van der Waals surface area contributed by atoms with E-state index in [-0.39, 0.29) is 16.9 Å². The number of nitriles is 1. The van der Waals surface area contributed by atoms with Crippen molar-refractivity contribution in [2.45, 2.75) is 19.8 Å². The number of aryl methyl sites for hydroxylation is 1. The fourth-order valence-corrected chi connectivity index (χ4v) is 3.60. The number of hydrogen-bond donors (Lipinski definition) is 0. The fraction of sp³-hybridized carbons (Fsp3) is 0.182. The summed E-state index contributed by atoms with van der Waals surface area (Å²) in [6.07, 6.45) is 0. The minimum atomic E-state index is -0.784. The quantitative estimate of drug-likeness (QED) is 0.543. The van der Waals surface area contributed by atoms with Crippen LogP contribution in [0.2, 0.25) is 5.02 Å². The first-order valence-corrected chi connectivity index (χ1v) is 8.98. The largest absolute Gasteiger partial charge is 0.344 e. The highest BCUT2D eigenvalue weighted by Gasteiger charge is 2.25. The smallest absolute Gasteiger partial charge is 0.209 e. The lowest BCUT2D eigenvalue weighted by Gasteiger charge is -2.16. The molecule has 0 spiro atoms. The molecule has 142 valence electrons. The van der Waals surface area contributed by atoms with Crippen LogP contribution in [0.4, 0.5) is 8.78 Å². The minimum Gasteiger partial charge on any atom is -0.344 e. The van der Waals surface area contributed by atoms with E-state index in [1.807, 2.05) is 0 Å².